The van der Waals surface area contributed by atoms with Crippen molar-refractivity contribution in [3.63, 3.8) is 0 Å². The van der Waals surface area contributed by atoms with Gasteiger partial charge in [-0.1, -0.05) is 0 Å². The number of carbonyl (C=O) groups excluding carboxylic acids is 1. The molecule has 7 nitrogen and oxygen atoms in total. The van der Waals surface area contributed by atoms with Crippen LogP contribution in [0.25, 0.3) is 0 Å². The van der Waals surface area contributed by atoms with Gasteiger partial charge in [-0.2, -0.15) is 0 Å². The summed E-state index contributed by atoms with van der Waals surface area (Å²) in [7, 11) is 1.66. The molecule has 2 saturated carbocycles. The molecule has 7 heteroatoms. The highest BCUT2D eigenvalue weighted by atomic mass is 16.6. The van der Waals surface area contributed by atoms with E-state index in [2.05, 4.69) is 15.6 Å². The van der Waals surface area contributed by atoms with Gasteiger partial charge in [0.1, 0.15) is 17.6 Å². The first kappa shape index (κ1) is 13.8. The van der Waals surface area contributed by atoms with Crippen LogP contribution in [0.15, 0.2) is 12.3 Å². The highest BCUT2D eigenvalue weighted by molar-refractivity contribution is 5.99. The number of anilines is 1. The monoisotopic (exact) mass is 290 g/mol. The van der Waals surface area contributed by atoms with Crippen LogP contribution in [-0.4, -0.2) is 28.9 Å². The van der Waals surface area contributed by atoms with Gasteiger partial charge in [0.2, 0.25) is 0 Å². The number of carbonyl (C=O) groups is 1. The Balaban J connectivity index is 1.83. The van der Waals surface area contributed by atoms with Crippen LogP contribution in [0, 0.1) is 22.0 Å². The standard InChI is InChI=1S/C14H18N4O3/c1-15-12-6-10(11(7-16-12)18(20)21)14(19)17-13(8-2-3-8)9-4-5-9/h6-9,13H,2-5H2,1H3,(H,15,16)(H,17,19). The van der Waals surface area contributed by atoms with Crippen molar-refractivity contribution in [2.24, 2.45) is 11.8 Å². The van der Waals surface area contributed by atoms with Gasteiger partial charge in [-0.3, -0.25) is 14.9 Å². The zero-order chi connectivity index (χ0) is 15.0. The highest BCUT2D eigenvalue weighted by Gasteiger charge is 2.42. The van der Waals surface area contributed by atoms with Crippen LogP contribution >= 0.6 is 0 Å². The lowest BCUT2D eigenvalue weighted by atomic mass is 10.1. The Morgan fingerprint density at radius 1 is 1.38 bits per heavy atom. The molecule has 0 saturated heterocycles. The van der Waals surface area contributed by atoms with E-state index in [9.17, 15) is 14.9 Å². The third kappa shape index (κ3) is 2.96. The molecule has 2 aliphatic carbocycles. The number of aromatic nitrogens is 1. The number of hydrogen-bond donors (Lipinski definition) is 2. The first-order chi connectivity index (χ1) is 10.1. The maximum Gasteiger partial charge on any atom is 0.300 e. The second kappa shape index (κ2) is 5.31. The zero-order valence-corrected chi connectivity index (χ0v) is 11.8. The summed E-state index contributed by atoms with van der Waals surface area (Å²) in [5.74, 6) is 1.17. The van der Waals surface area contributed by atoms with E-state index >= 15 is 0 Å². The molecule has 0 spiro atoms. The first-order valence-electron chi connectivity index (χ1n) is 7.23. The number of rotatable bonds is 6. The highest BCUT2D eigenvalue weighted by Crippen LogP contribution is 2.44. The lowest BCUT2D eigenvalue weighted by Gasteiger charge is -2.17. The van der Waals surface area contributed by atoms with Gasteiger partial charge >= 0.3 is 0 Å². The van der Waals surface area contributed by atoms with Crippen molar-refractivity contribution in [1.29, 1.82) is 0 Å². The van der Waals surface area contributed by atoms with E-state index in [0.717, 1.165) is 31.9 Å². The number of hydrogen-bond acceptors (Lipinski definition) is 5. The summed E-state index contributed by atoms with van der Waals surface area (Å²) in [4.78, 5) is 26.8. The van der Waals surface area contributed by atoms with Gasteiger partial charge in [0.15, 0.2) is 0 Å². The number of nitro groups is 1. The maximum atomic E-state index is 12.4. The van der Waals surface area contributed by atoms with Crippen LogP contribution in [0.3, 0.4) is 0 Å². The van der Waals surface area contributed by atoms with E-state index in [0.29, 0.717) is 17.7 Å². The molecule has 0 bridgehead atoms. The first-order valence-corrected chi connectivity index (χ1v) is 7.23. The summed E-state index contributed by atoms with van der Waals surface area (Å²) >= 11 is 0. The van der Waals surface area contributed by atoms with Crippen molar-refractivity contribution in [3.8, 4) is 0 Å². The van der Waals surface area contributed by atoms with Gasteiger partial charge in [0, 0.05) is 19.2 Å². The van der Waals surface area contributed by atoms with E-state index in [-0.39, 0.29) is 23.2 Å². The van der Waals surface area contributed by atoms with Crippen molar-refractivity contribution < 1.29 is 9.72 Å². The Kier molecular flexibility index (Phi) is 3.48. The fourth-order valence-corrected chi connectivity index (χ4v) is 2.67. The SMILES string of the molecule is CNc1cc(C(=O)NC(C2CC2)C2CC2)c([N+](=O)[O-])cn1. The van der Waals surface area contributed by atoms with Crippen LogP contribution in [0.1, 0.15) is 36.0 Å². The van der Waals surface area contributed by atoms with Crippen molar-refractivity contribution in [1.82, 2.24) is 10.3 Å². The summed E-state index contributed by atoms with van der Waals surface area (Å²) < 4.78 is 0. The van der Waals surface area contributed by atoms with Crippen LogP contribution in [0.2, 0.25) is 0 Å². The molecule has 112 valence electrons. The molecule has 1 amide bonds. The lowest BCUT2D eigenvalue weighted by molar-refractivity contribution is -0.385. The van der Waals surface area contributed by atoms with Gasteiger partial charge < -0.3 is 10.6 Å². The van der Waals surface area contributed by atoms with Crippen LogP contribution in [0.5, 0.6) is 0 Å². The summed E-state index contributed by atoms with van der Waals surface area (Å²) in [5, 5.41) is 16.9. The summed E-state index contributed by atoms with van der Waals surface area (Å²) in [6.07, 6.45) is 5.69. The van der Waals surface area contributed by atoms with Crippen molar-refractivity contribution in [2.75, 3.05) is 12.4 Å². The average Bonchev–Trinajstić information content (AvgIpc) is 3.36. The molecule has 0 aromatic carbocycles. The van der Waals surface area contributed by atoms with E-state index < -0.39 is 4.92 Å². The van der Waals surface area contributed by atoms with E-state index in [4.69, 9.17) is 0 Å². The molecule has 2 aliphatic rings. The van der Waals surface area contributed by atoms with Gasteiger partial charge in [0.25, 0.3) is 11.6 Å². The van der Waals surface area contributed by atoms with Gasteiger partial charge in [-0.05, 0) is 37.5 Å². The Hall–Kier alpha value is -2.18. The Morgan fingerprint density at radius 3 is 2.48 bits per heavy atom. The molecule has 1 heterocycles. The largest absolute Gasteiger partial charge is 0.373 e. The minimum absolute atomic E-state index is 0.0747. The van der Waals surface area contributed by atoms with Crippen molar-refractivity contribution in [2.45, 2.75) is 31.7 Å². The Labute approximate surface area is 122 Å². The number of nitrogens with zero attached hydrogens (tertiary/aromatic N) is 2. The third-order valence-electron chi connectivity index (χ3n) is 4.14. The van der Waals surface area contributed by atoms with Gasteiger partial charge in [-0.15, -0.1) is 0 Å². The molecule has 0 atom stereocenters. The fraction of sp³-hybridized carbons (Fsp3) is 0.571. The van der Waals surface area contributed by atoms with Crippen LogP contribution in [-0.2, 0) is 0 Å². The Bertz CT molecular complexity index is 570. The smallest absolute Gasteiger partial charge is 0.300 e. The van der Waals surface area contributed by atoms with Gasteiger partial charge in [-0.25, -0.2) is 4.98 Å². The molecule has 1 aromatic heterocycles. The predicted octanol–water partition coefficient (Wildman–Crippen LogP) is 1.95. The number of amides is 1. The maximum absolute atomic E-state index is 12.4. The molecular formula is C14H18N4O3. The van der Waals surface area contributed by atoms with E-state index in [1.165, 1.54) is 6.07 Å². The lowest BCUT2D eigenvalue weighted by Crippen LogP contribution is -2.38. The molecule has 21 heavy (non-hydrogen) atoms. The third-order valence-corrected chi connectivity index (χ3v) is 4.14. The molecule has 2 N–H and O–H groups in total. The quantitative estimate of drug-likeness (QED) is 0.616. The summed E-state index contributed by atoms with van der Waals surface area (Å²) in [6.45, 7) is 0. The number of nitrogens with one attached hydrogen (secondary N) is 2. The second-order valence-corrected chi connectivity index (χ2v) is 5.77. The molecule has 0 unspecified atom stereocenters. The minimum atomic E-state index is -0.565. The summed E-state index contributed by atoms with van der Waals surface area (Å²) in [6, 6.07) is 1.60. The van der Waals surface area contributed by atoms with Crippen LogP contribution in [0.4, 0.5) is 11.5 Å². The van der Waals surface area contributed by atoms with Crippen molar-refractivity contribution >= 4 is 17.4 Å². The minimum Gasteiger partial charge on any atom is -0.373 e. The van der Waals surface area contributed by atoms with E-state index in [1.807, 2.05) is 0 Å². The molecule has 1 aromatic rings. The van der Waals surface area contributed by atoms with Crippen molar-refractivity contribution in [3.05, 3.63) is 27.9 Å². The predicted molar refractivity (Wildman–Crippen MR) is 77.1 cm³/mol. The number of pyridine rings is 1. The topological polar surface area (TPSA) is 97.2 Å². The molecule has 0 aliphatic heterocycles. The fourth-order valence-electron chi connectivity index (χ4n) is 2.67. The molecule has 2 fully saturated rings. The average molecular weight is 290 g/mol. The van der Waals surface area contributed by atoms with E-state index in [1.54, 1.807) is 7.05 Å². The second-order valence-electron chi connectivity index (χ2n) is 5.77. The van der Waals surface area contributed by atoms with Gasteiger partial charge in [0.05, 0.1) is 4.92 Å². The normalized spacial score (nSPS) is 17.6. The zero-order valence-electron chi connectivity index (χ0n) is 11.8. The molecule has 0 radical (unpaired) electrons. The Morgan fingerprint density at radius 2 is 2.00 bits per heavy atom. The van der Waals surface area contributed by atoms with Crippen LogP contribution < -0.4 is 10.6 Å². The molecule has 3 rings (SSSR count). The molecular weight excluding hydrogens is 272 g/mol. The summed E-state index contributed by atoms with van der Waals surface area (Å²) in [5.41, 5.74) is -0.178.